The van der Waals surface area contributed by atoms with Gasteiger partial charge in [-0.05, 0) is 24.5 Å². The van der Waals surface area contributed by atoms with Crippen LogP contribution in [-0.2, 0) is 9.59 Å². The lowest BCUT2D eigenvalue weighted by Gasteiger charge is -2.40. The maximum Gasteiger partial charge on any atom is 0.249 e. The molecule has 0 bridgehead atoms. The Morgan fingerprint density at radius 2 is 1.91 bits per heavy atom. The topological polar surface area (TPSA) is 40.6 Å². The predicted octanol–water partition coefficient (Wildman–Crippen LogP) is 3.34. The van der Waals surface area contributed by atoms with Gasteiger partial charge >= 0.3 is 0 Å². The summed E-state index contributed by atoms with van der Waals surface area (Å²) in [5.41, 5.74) is 0.628. The first kappa shape index (κ1) is 16.8. The van der Waals surface area contributed by atoms with Gasteiger partial charge in [-0.15, -0.1) is 0 Å². The second kappa shape index (κ2) is 6.29. The minimum atomic E-state index is -0.458. The Hall–Kier alpha value is -1.55. The van der Waals surface area contributed by atoms with Gasteiger partial charge in [0.25, 0.3) is 0 Å². The van der Waals surface area contributed by atoms with E-state index >= 15 is 0 Å². The molecule has 5 heteroatoms. The molecule has 1 saturated heterocycles. The molecule has 0 saturated carbocycles. The molecule has 120 valence electrons. The summed E-state index contributed by atoms with van der Waals surface area (Å²) in [7, 11) is 0. The van der Waals surface area contributed by atoms with E-state index in [1.54, 1.807) is 22.8 Å². The Bertz CT molecular complexity index is 580. The van der Waals surface area contributed by atoms with E-state index in [1.807, 2.05) is 39.0 Å². The molecule has 1 fully saturated rings. The fourth-order valence-electron chi connectivity index (χ4n) is 2.68. The lowest BCUT2D eigenvalue weighted by Crippen LogP contribution is -2.58. The van der Waals surface area contributed by atoms with Gasteiger partial charge in [-0.1, -0.05) is 44.5 Å². The minimum absolute atomic E-state index is 0.0344. The van der Waals surface area contributed by atoms with Crippen molar-refractivity contribution < 1.29 is 9.59 Å². The van der Waals surface area contributed by atoms with Gasteiger partial charge in [-0.3, -0.25) is 9.59 Å². The molecule has 1 aliphatic rings. The van der Waals surface area contributed by atoms with Crippen LogP contribution in [0.25, 0.3) is 0 Å². The van der Waals surface area contributed by atoms with Gasteiger partial charge in [0.05, 0.1) is 10.7 Å². The Balaban J connectivity index is 2.15. The average Bonchev–Trinajstić information content (AvgIpc) is 2.41. The molecule has 1 aromatic rings. The third-order valence-corrected chi connectivity index (χ3v) is 4.12. The van der Waals surface area contributed by atoms with Crippen LogP contribution in [0.5, 0.6) is 0 Å². The number of amides is 2. The molecule has 4 nitrogen and oxygen atoms in total. The fourth-order valence-corrected chi connectivity index (χ4v) is 2.91. The molecule has 1 unspecified atom stereocenters. The third-order valence-electron chi connectivity index (χ3n) is 3.80. The SMILES string of the molecule is CC1C(=O)N(c2ccccc2Cl)CCN1C(=O)CC(C)(C)C. The van der Waals surface area contributed by atoms with Crippen molar-refractivity contribution in [1.29, 1.82) is 0 Å². The monoisotopic (exact) mass is 322 g/mol. The van der Waals surface area contributed by atoms with Crippen LogP contribution in [-0.4, -0.2) is 35.8 Å². The lowest BCUT2D eigenvalue weighted by atomic mass is 9.91. The average molecular weight is 323 g/mol. The predicted molar refractivity (Wildman–Crippen MR) is 89.1 cm³/mol. The maximum absolute atomic E-state index is 12.6. The van der Waals surface area contributed by atoms with Gasteiger partial charge in [0.15, 0.2) is 0 Å². The van der Waals surface area contributed by atoms with Crippen molar-refractivity contribution in [3.63, 3.8) is 0 Å². The molecular weight excluding hydrogens is 300 g/mol. The summed E-state index contributed by atoms with van der Waals surface area (Å²) in [5, 5.41) is 0.553. The van der Waals surface area contributed by atoms with E-state index in [0.29, 0.717) is 30.2 Å². The Kier molecular flexibility index (Phi) is 4.81. The Morgan fingerprint density at radius 1 is 1.27 bits per heavy atom. The van der Waals surface area contributed by atoms with Gasteiger partial charge in [-0.25, -0.2) is 0 Å². The molecule has 0 spiro atoms. The summed E-state index contributed by atoms with van der Waals surface area (Å²) in [6.45, 7) is 8.87. The highest BCUT2D eigenvalue weighted by molar-refractivity contribution is 6.33. The number of piperazine rings is 1. The fraction of sp³-hybridized carbons (Fsp3) is 0.529. The quantitative estimate of drug-likeness (QED) is 0.838. The van der Waals surface area contributed by atoms with Gasteiger partial charge in [0.2, 0.25) is 11.8 Å². The first-order valence-corrected chi connectivity index (χ1v) is 7.94. The summed E-state index contributed by atoms with van der Waals surface area (Å²) in [4.78, 5) is 28.4. The lowest BCUT2D eigenvalue weighted by molar-refractivity contribution is -0.142. The smallest absolute Gasteiger partial charge is 0.249 e. The molecule has 0 N–H and O–H groups in total. The van der Waals surface area contributed by atoms with Gasteiger partial charge in [0.1, 0.15) is 6.04 Å². The summed E-state index contributed by atoms with van der Waals surface area (Å²) >= 11 is 6.18. The van der Waals surface area contributed by atoms with Crippen molar-refractivity contribution in [3.05, 3.63) is 29.3 Å². The molecule has 0 aliphatic carbocycles. The Labute approximate surface area is 137 Å². The van der Waals surface area contributed by atoms with Crippen LogP contribution in [0.3, 0.4) is 0 Å². The van der Waals surface area contributed by atoms with Crippen molar-refractivity contribution >= 4 is 29.1 Å². The largest absolute Gasteiger partial charge is 0.329 e. The van der Waals surface area contributed by atoms with Gasteiger partial charge in [0, 0.05) is 19.5 Å². The van der Waals surface area contributed by atoms with Crippen LogP contribution in [0.2, 0.25) is 5.02 Å². The van der Waals surface area contributed by atoms with E-state index in [0.717, 1.165) is 0 Å². The number of hydrogen-bond donors (Lipinski definition) is 0. The van der Waals surface area contributed by atoms with Crippen molar-refractivity contribution in [2.75, 3.05) is 18.0 Å². The van der Waals surface area contributed by atoms with E-state index < -0.39 is 6.04 Å². The number of carbonyl (C=O) groups excluding carboxylic acids is 2. The summed E-state index contributed by atoms with van der Waals surface area (Å²) in [5.74, 6) is -0.0474. The van der Waals surface area contributed by atoms with Gasteiger partial charge < -0.3 is 9.80 Å². The zero-order chi connectivity index (χ0) is 16.5. The van der Waals surface area contributed by atoms with Crippen LogP contribution in [0.4, 0.5) is 5.69 Å². The van der Waals surface area contributed by atoms with E-state index in [4.69, 9.17) is 11.6 Å². The molecule has 1 aromatic carbocycles. The molecule has 0 radical (unpaired) electrons. The highest BCUT2D eigenvalue weighted by Crippen LogP contribution is 2.29. The number of nitrogens with zero attached hydrogens (tertiary/aromatic N) is 2. The van der Waals surface area contributed by atoms with Crippen LogP contribution < -0.4 is 4.90 Å². The molecule has 2 rings (SSSR count). The van der Waals surface area contributed by atoms with E-state index in [-0.39, 0.29) is 17.2 Å². The van der Waals surface area contributed by atoms with E-state index in [9.17, 15) is 9.59 Å². The number of halogens is 1. The van der Waals surface area contributed by atoms with Crippen molar-refractivity contribution in [2.45, 2.75) is 40.2 Å². The van der Waals surface area contributed by atoms with E-state index in [2.05, 4.69) is 0 Å². The molecule has 1 aliphatic heterocycles. The van der Waals surface area contributed by atoms with Crippen molar-refractivity contribution in [2.24, 2.45) is 5.41 Å². The molecule has 22 heavy (non-hydrogen) atoms. The molecule has 1 atom stereocenters. The second-order valence-corrected chi connectivity index (χ2v) is 7.35. The van der Waals surface area contributed by atoms with Crippen LogP contribution in [0.15, 0.2) is 24.3 Å². The number of carbonyl (C=O) groups is 2. The first-order valence-electron chi connectivity index (χ1n) is 7.56. The number of anilines is 1. The Morgan fingerprint density at radius 3 is 2.50 bits per heavy atom. The number of para-hydroxylation sites is 1. The highest BCUT2D eigenvalue weighted by Gasteiger charge is 2.36. The van der Waals surface area contributed by atoms with E-state index in [1.165, 1.54) is 0 Å². The maximum atomic E-state index is 12.6. The zero-order valence-corrected chi connectivity index (χ0v) is 14.4. The third kappa shape index (κ3) is 3.61. The van der Waals surface area contributed by atoms with Crippen molar-refractivity contribution in [3.8, 4) is 0 Å². The summed E-state index contributed by atoms with van der Waals surface area (Å²) < 4.78 is 0. The molecular formula is C17H23ClN2O2. The van der Waals surface area contributed by atoms with Crippen LogP contribution >= 0.6 is 11.6 Å². The first-order chi connectivity index (χ1) is 10.2. The van der Waals surface area contributed by atoms with Gasteiger partial charge in [-0.2, -0.15) is 0 Å². The van der Waals surface area contributed by atoms with Crippen LogP contribution in [0.1, 0.15) is 34.1 Å². The number of rotatable bonds is 2. The highest BCUT2D eigenvalue weighted by atomic mass is 35.5. The molecule has 0 aromatic heterocycles. The minimum Gasteiger partial charge on any atom is -0.329 e. The molecule has 2 amide bonds. The second-order valence-electron chi connectivity index (χ2n) is 6.94. The zero-order valence-electron chi connectivity index (χ0n) is 13.6. The standard InChI is InChI=1S/C17H23ClN2O2/c1-12-16(22)20(14-8-6-5-7-13(14)18)10-9-19(12)15(21)11-17(2,3)4/h5-8,12H,9-11H2,1-4H3. The number of hydrogen-bond acceptors (Lipinski definition) is 2. The summed E-state index contributed by atoms with van der Waals surface area (Å²) in [6.07, 6.45) is 0.441. The van der Waals surface area contributed by atoms with Crippen molar-refractivity contribution in [1.82, 2.24) is 4.90 Å². The van der Waals surface area contributed by atoms with Crippen LogP contribution in [0, 0.1) is 5.41 Å². The number of benzene rings is 1. The molecule has 1 heterocycles. The normalized spacial score (nSPS) is 19.5. The summed E-state index contributed by atoms with van der Waals surface area (Å²) in [6, 6.07) is 6.84.